The van der Waals surface area contributed by atoms with Gasteiger partial charge in [-0.3, -0.25) is 0 Å². The Morgan fingerprint density at radius 2 is 1.80 bits per heavy atom. The third-order valence-corrected chi connectivity index (χ3v) is 5.72. The van der Waals surface area contributed by atoms with Crippen LogP contribution < -0.4 is 26.0 Å². The lowest BCUT2D eigenvalue weighted by Gasteiger charge is -2.17. The molecule has 0 saturated heterocycles. The molecular weight excluding hydrogens is 464 g/mol. The number of carbonyl (C=O) groups excluding carboxylic acids is 1. The van der Waals surface area contributed by atoms with Crippen LogP contribution in [-0.2, 0) is 9.47 Å². The van der Waals surface area contributed by atoms with Crippen LogP contribution in [0.5, 0.6) is 11.5 Å². The third kappa shape index (κ3) is 6.52. The van der Waals surface area contributed by atoms with E-state index in [-0.39, 0.29) is 24.0 Å². The minimum Gasteiger partial charge on any atom is -0.507 e. The van der Waals surface area contributed by atoms with Crippen molar-refractivity contribution in [3.05, 3.63) is 63.5 Å². The predicted octanol–water partition coefficient (Wildman–Crippen LogP) is 4.06. The Morgan fingerprint density at radius 3 is 2.40 bits per heavy atom. The van der Waals surface area contributed by atoms with E-state index in [0.717, 1.165) is 38.6 Å². The summed E-state index contributed by atoms with van der Waals surface area (Å²) in [5.41, 5.74) is 10.7. The first-order valence-corrected chi connectivity index (χ1v) is 12.4. The van der Waals surface area contributed by atoms with E-state index in [0.29, 0.717) is 12.1 Å². The summed E-state index contributed by atoms with van der Waals surface area (Å²) in [4.78, 5) is 11.9. The van der Waals surface area contributed by atoms with E-state index >= 15 is 0 Å². The van der Waals surface area contributed by atoms with Gasteiger partial charge in [-0.2, -0.15) is 12.6 Å². The fraction of sp³-hybridized carbons (Fsp3) is 0.370. The van der Waals surface area contributed by atoms with Crippen LogP contribution in [0.1, 0.15) is 51.7 Å². The molecule has 0 amide bonds. The number of methoxy groups -OCH3 is 1. The van der Waals surface area contributed by atoms with Gasteiger partial charge in [0.2, 0.25) is 0 Å². The second-order valence-corrected chi connectivity index (χ2v) is 8.11. The summed E-state index contributed by atoms with van der Waals surface area (Å²) in [7, 11) is 1.66. The van der Waals surface area contributed by atoms with Crippen molar-refractivity contribution in [1.29, 1.82) is 0 Å². The summed E-state index contributed by atoms with van der Waals surface area (Å²) in [6.45, 7) is 10.5. The summed E-state index contributed by atoms with van der Waals surface area (Å²) >= 11 is 3.53. The molecule has 1 heterocycles. The van der Waals surface area contributed by atoms with Crippen molar-refractivity contribution in [3.8, 4) is 11.5 Å². The van der Waals surface area contributed by atoms with Gasteiger partial charge in [-0.1, -0.05) is 38.1 Å². The minimum atomic E-state index is -0.794. The lowest BCUT2D eigenvalue weighted by molar-refractivity contribution is 0.104. The molecule has 0 aliphatic carbocycles. The first-order chi connectivity index (χ1) is 16.8. The number of benzene rings is 2. The zero-order valence-electron chi connectivity index (χ0n) is 21.5. The summed E-state index contributed by atoms with van der Waals surface area (Å²) < 4.78 is 15.7. The maximum Gasteiger partial charge on any atom is 0.513 e. The predicted molar refractivity (Wildman–Crippen MR) is 144 cm³/mol. The Morgan fingerprint density at radius 1 is 1.14 bits per heavy atom. The Bertz CT molecular complexity index is 1200. The molecule has 2 aromatic carbocycles. The molecule has 3 rings (SSSR count). The van der Waals surface area contributed by atoms with Gasteiger partial charge in [0, 0.05) is 23.4 Å². The van der Waals surface area contributed by atoms with Gasteiger partial charge in [0.05, 0.1) is 19.4 Å². The van der Waals surface area contributed by atoms with Gasteiger partial charge in [-0.25, -0.2) is 10.2 Å². The number of aromatic hydroxyl groups is 1. The number of ether oxygens (including phenoxy) is 3. The van der Waals surface area contributed by atoms with Crippen molar-refractivity contribution in [2.45, 2.75) is 40.5 Å². The van der Waals surface area contributed by atoms with Crippen LogP contribution in [0.15, 0.2) is 42.0 Å². The third-order valence-electron chi connectivity index (χ3n) is 5.72. The Balaban J connectivity index is 0.00000210. The highest BCUT2D eigenvalue weighted by Gasteiger charge is 2.23. The Hall–Kier alpha value is -3.10. The van der Waals surface area contributed by atoms with E-state index in [1.54, 1.807) is 20.3 Å². The van der Waals surface area contributed by atoms with Crippen molar-refractivity contribution in [2.24, 2.45) is 0 Å². The van der Waals surface area contributed by atoms with Crippen LogP contribution in [0.3, 0.4) is 0 Å². The molecule has 7 nitrogen and oxygen atoms in total. The molecule has 0 spiro atoms. The number of carbonyl (C=O) groups is 1. The van der Waals surface area contributed by atoms with Crippen LogP contribution in [-0.4, -0.2) is 37.8 Å². The summed E-state index contributed by atoms with van der Waals surface area (Å²) in [5.74, 6) is 1.17. The minimum absolute atomic E-state index is 0.00289. The monoisotopic (exact) mass is 500 g/mol. The van der Waals surface area contributed by atoms with Crippen molar-refractivity contribution >= 4 is 35.8 Å². The largest absolute Gasteiger partial charge is 0.513 e. The van der Waals surface area contributed by atoms with Crippen molar-refractivity contribution in [2.75, 3.05) is 26.5 Å². The topological polar surface area (TPSA) is 89.1 Å². The zero-order valence-corrected chi connectivity index (χ0v) is 22.4. The second-order valence-electron chi connectivity index (χ2n) is 8.11. The molecule has 0 saturated carbocycles. The number of hydrogen-bond acceptors (Lipinski definition) is 8. The quantitative estimate of drug-likeness (QED) is 0.270. The molecule has 0 bridgehead atoms. The van der Waals surface area contributed by atoms with Crippen molar-refractivity contribution < 1.29 is 24.1 Å². The number of phenolic OH excluding ortho intramolecular Hbond substituents is 1. The molecule has 0 unspecified atom stereocenters. The van der Waals surface area contributed by atoms with Crippen LogP contribution in [0, 0.1) is 0 Å². The van der Waals surface area contributed by atoms with Crippen LogP contribution in [0.4, 0.5) is 4.79 Å². The summed E-state index contributed by atoms with van der Waals surface area (Å²) in [5, 5.41) is 13.0. The molecule has 8 heteroatoms. The number of hydrogen-bond donors (Lipinski definition) is 4. The Labute approximate surface area is 212 Å². The van der Waals surface area contributed by atoms with Gasteiger partial charge < -0.3 is 24.7 Å². The highest BCUT2D eigenvalue weighted by atomic mass is 32.1. The maximum atomic E-state index is 11.9. The highest BCUT2D eigenvalue weighted by molar-refractivity contribution is 7.79. The summed E-state index contributed by atoms with van der Waals surface area (Å²) in [6.07, 6.45) is 0.901. The SMILES string of the molecule is CCOC(=O)Oc1cc(O)c(C2=C(/C(C)=c3\cccc\c3=C(\C)OC)CNN2)cc1C(C)C.CS. The van der Waals surface area contributed by atoms with Gasteiger partial charge in [0.25, 0.3) is 0 Å². The van der Waals surface area contributed by atoms with Crippen LogP contribution >= 0.6 is 12.6 Å². The van der Waals surface area contributed by atoms with Crippen LogP contribution in [0.25, 0.3) is 17.0 Å². The second kappa shape index (κ2) is 13.1. The van der Waals surface area contributed by atoms with E-state index in [9.17, 15) is 9.90 Å². The number of hydrazine groups is 1. The lowest BCUT2D eigenvalue weighted by atomic mass is 9.94. The van der Waals surface area contributed by atoms with E-state index < -0.39 is 6.16 Å². The molecule has 190 valence electrons. The van der Waals surface area contributed by atoms with E-state index in [4.69, 9.17) is 14.2 Å². The molecule has 0 atom stereocenters. The van der Waals surface area contributed by atoms with Gasteiger partial charge in [0.1, 0.15) is 17.3 Å². The van der Waals surface area contributed by atoms with Gasteiger partial charge in [-0.15, -0.1) is 0 Å². The van der Waals surface area contributed by atoms with Crippen LogP contribution in [0.2, 0.25) is 0 Å². The van der Waals surface area contributed by atoms with Gasteiger partial charge >= 0.3 is 6.16 Å². The zero-order chi connectivity index (χ0) is 26.1. The number of thiol groups is 1. The molecule has 1 aliphatic rings. The van der Waals surface area contributed by atoms with E-state index in [1.165, 1.54) is 6.07 Å². The molecule has 1 aliphatic heterocycles. The van der Waals surface area contributed by atoms with Crippen molar-refractivity contribution in [1.82, 2.24) is 10.9 Å². The van der Waals surface area contributed by atoms with Gasteiger partial charge in [0.15, 0.2) is 0 Å². The standard InChI is InChI=1S/C26H32N2O5.CH4S/c1-7-32-26(30)33-24-13-23(29)21(12-20(24)15(2)3)25-22(14-27-28-25)16(4)18-10-8-9-11-19(18)17(5)31-6;1-2/h8-13,15,27-29H,7,14H2,1-6H3;2H,1H3/b18-16+,19-17+;. The fourth-order valence-electron chi connectivity index (χ4n) is 3.89. The van der Waals surface area contributed by atoms with E-state index in [1.807, 2.05) is 45.0 Å². The molecule has 0 aromatic heterocycles. The average molecular weight is 501 g/mol. The first-order valence-electron chi connectivity index (χ1n) is 11.5. The van der Waals surface area contributed by atoms with Gasteiger partial charge in [-0.05, 0) is 60.9 Å². The molecular formula is C27H36N2O5S. The highest BCUT2D eigenvalue weighted by Crippen LogP contribution is 2.38. The number of nitrogens with one attached hydrogen (secondary N) is 2. The molecule has 3 N–H and O–H groups in total. The molecule has 2 aromatic rings. The van der Waals surface area contributed by atoms with Crippen molar-refractivity contribution in [3.63, 3.8) is 0 Å². The lowest BCUT2D eigenvalue weighted by Crippen LogP contribution is -2.29. The normalized spacial score (nSPS) is 14.5. The maximum absolute atomic E-state index is 11.9. The number of phenols is 1. The molecule has 35 heavy (non-hydrogen) atoms. The Kier molecular flexibility index (Phi) is 10.5. The summed E-state index contributed by atoms with van der Waals surface area (Å²) in [6, 6.07) is 11.4. The fourth-order valence-corrected chi connectivity index (χ4v) is 3.89. The van der Waals surface area contributed by atoms with E-state index in [2.05, 4.69) is 36.5 Å². The average Bonchev–Trinajstić information content (AvgIpc) is 3.34. The molecule has 0 fully saturated rings. The molecule has 0 radical (unpaired) electrons. The first kappa shape index (κ1) is 28.1. The smallest absolute Gasteiger partial charge is 0.507 e. The number of rotatable bonds is 6.